The highest BCUT2D eigenvalue weighted by atomic mass is 19.3. The van der Waals surface area contributed by atoms with E-state index in [4.69, 9.17) is 16.4 Å². The van der Waals surface area contributed by atoms with Gasteiger partial charge in [0.1, 0.15) is 17.4 Å². The lowest BCUT2D eigenvalue weighted by molar-refractivity contribution is -0.0170. The highest BCUT2D eigenvalue weighted by Gasteiger charge is 2.24. The Morgan fingerprint density at radius 3 is 2.67 bits per heavy atom. The average molecular weight is 418 g/mol. The third kappa shape index (κ3) is 3.94. The van der Waals surface area contributed by atoms with E-state index in [9.17, 15) is 22.4 Å². The Hall–Kier alpha value is -3.91. The molecule has 5 N–H and O–H groups in total. The molecule has 30 heavy (non-hydrogen) atoms. The fourth-order valence-corrected chi connectivity index (χ4v) is 2.78. The number of nitrogen functional groups attached to an aromatic ring is 1. The lowest BCUT2D eigenvalue weighted by atomic mass is 10.0. The SMILES string of the molecule is N#Cc1ccc(F)c(C(=O)Nc2ccc(N)c(C(=N)C3=CN(C(F)F)NC3)c2)c1F. The van der Waals surface area contributed by atoms with Crippen molar-refractivity contribution in [3.05, 3.63) is 70.4 Å². The molecular formula is C19H14F4N6O. The predicted octanol–water partition coefficient (Wildman–Crippen LogP) is 2.97. The molecular weight excluding hydrogens is 404 g/mol. The van der Waals surface area contributed by atoms with Crippen LogP contribution in [0.4, 0.5) is 28.9 Å². The summed E-state index contributed by atoms with van der Waals surface area (Å²) in [5.74, 6) is -3.59. The normalized spacial score (nSPS) is 13.2. The first-order valence-electron chi connectivity index (χ1n) is 8.42. The highest BCUT2D eigenvalue weighted by Crippen LogP contribution is 2.24. The van der Waals surface area contributed by atoms with Crippen molar-refractivity contribution < 1.29 is 22.4 Å². The van der Waals surface area contributed by atoms with Crippen LogP contribution >= 0.6 is 0 Å². The van der Waals surface area contributed by atoms with Crippen molar-refractivity contribution in [1.82, 2.24) is 10.4 Å². The number of nitrogens with one attached hydrogen (secondary N) is 3. The van der Waals surface area contributed by atoms with Crippen LogP contribution in [-0.4, -0.2) is 29.7 Å². The summed E-state index contributed by atoms with van der Waals surface area (Å²) in [6.45, 7) is -2.83. The van der Waals surface area contributed by atoms with E-state index in [0.717, 1.165) is 18.3 Å². The van der Waals surface area contributed by atoms with Crippen LogP contribution in [0.2, 0.25) is 0 Å². The summed E-state index contributed by atoms with van der Waals surface area (Å²) in [4.78, 5) is 12.4. The lowest BCUT2D eigenvalue weighted by Crippen LogP contribution is -2.33. The van der Waals surface area contributed by atoms with E-state index < -0.39 is 35.2 Å². The monoisotopic (exact) mass is 418 g/mol. The molecule has 0 aromatic heterocycles. The van der Waals surface area contributed by atoms with Crippen molar-refractivity contribution in [2.75, 3.05) is 17.6 Å². The number of alkyl halides is 2. The van der Waals surface area contributed by atoms with Gasteiger partial charge in [0, 0.05) is 35.3 Å². The number of carbonyl (C=O) groups is 1. The molecule has 3 rings (SSSR count). The fraction of sp³-hybridized carbons (Fsp3) is 0.105. The Bertz CT molecular complexity index is 1110. The molecule has 0 aliphatic carbocycles. The molecule has 1 aliphatic heterocycles. The molecule has 11 heteroatoms. The summed E-state index contributed by atoms with van der Waals surface area (Å²) in [6, 6.07) is 7.22. The first-order valence-corrected chi connectivity index (χ1v) is 8.42. The summed E-state index contributed by atoms with van der Waals surface area (Å²) in [6.07, 6.45) is 1.07. The third-order valence-electron chi connectivity index (χ3n) is 4.30. The number of halogens is 4. The van der Waals surface area contributed by atoms with Gasteiger partial charge in [-0.15, -0.1) is 0 Å². The molecule has 7 nitrogen and oxygen atoms in total. The van der Waals surface area contributed by atoms with Crippen molar-refractivity contribution in [2.45, 2.75) is 6.55 Å². The summed E-state index contributed by atoms with van der Waals surface area (Å²) < 4.78 is 53.6. The Balaban J connectivity index is 1.88. The number of benzene rings is 2. The second kappa shape index (κ2) is 8.22. The minimum atomic E-state index is -2.80. The molecule has 1 amide bonds. The average Bonchev–Trinajstić information content (AvgIpc) is 3.20. The first-order chi connectivity index (χ1) is 14.2. The van der Waals surface area contributed by atoms with Crippen LogP contribution in [0.1, 0.15) is 21.5 Å². The Kier molecular flexibility index (Phi) is 5.70. The molecule has 1 aliphatic rings. The quantitative estimate of drug-likeness (QED) is 0.258. The zero-order valence-corrected chi connectivity index (χ0v) is 15.1. The topological polar surface area (TPSA) is 118 Å². The van der Waals surface area contributed by atoms with Crippen LogP contribution in [-0.2, 0) is 0 Å². The molecule has 0 fully saturated rings. The first kappa shape index (κ1) is 20.8. The second-order valence-electron chi connectivity index (χ2n) is 6.20. The van der Waals surface area contributed by atoms with E-state index in [1.807, 2.05) is 0 Å². The zero-order chi connectivity index (χ0) is 22.0. The Morgan fingerprint density at radius 2 is 2.03 bits per heavy atom. The van der Waals surface area contributed by atoms with Crippen LogP contribution in [0.15, 0.2) is 42.1 Å². The van der Waals surface area contributed by atoms with E-state index in [1.54, 1.807) is 0 Å². The van der Waals surface area contributed by atoms with Gasteiger partial charge in [-0.25, -0.2) is 14.2 Å². The zero-order valence-electron chi connectivity index (χ0n) is 15.1. The van der Waals surface area contributed by atoms with Gasteiger partial charge in [-0.2, -0.15) is 14.0 Å². The van der Waals surface area contributed by atoms with Gasteiger partial charge in [-0.3, -0.25) is 15.2 Å². The van der Waals surface area contributed by atoms with Gasteiger partial charge in [0.2, 0.25) is 0 Å². The van der Waals surface area contributed by atoms with Crippen LogP contribution in [0, 0.1) is 28.4 Å². The van der Waals surface area contributed by atoms with Crippen LogP contribution in [0.25, 0.3) is 0 Å². The number of carbonyl (C=O) groups excluding carboxylic acids is 1. The van der Waals surface area contributed by atoms with Gasteiger partial charge in [-0.1, -0.05) is 0 Å². The number of hydrogen-bond acceptors (Lipinski definition) is 6. The number of nitriles is 1. The van der Waals surface area contributed by atoms with Gasteiger partial charge < -0.3 is 11.1 Å². The fourth-order valence-electron chi connectivity index (χ4n) is 2.78. The minimum absolute atomic E-state index is 0.0312. The van der Waals surface area contributed by atoms with Gasteiger partial charge in [-0.05, 0) is 30.3 Å². The molecule has 0 saturated heterocycles. The smallest absolute Gasteiger partial charge is 0.327 e. The molecule has 2 aromatic rings. The Morgan fingerprint density at radius 1 is 1.30 bits per heavy atom. The minimum Gasteiger partial charge on any atom is -0.398 e. The number of rotatable bonds is 5. The number of hydrogen-bond donors (Lipinski definition) is 4. The molecule has 1 heterocycles. The van der Waals surface area contributed by atoms with Crippen molar-refractivity contribution in [2.24, 2.45) is 0 Å². The molecule has 2 aromatic carbocycles. The van der Waals surface area contributed by atoms with E-state index >= 15 is 0 Å². The third-order valence-corrected chi connectivity index (χ3v) is 4.30. The number of anilines is 2. The highest BCUT2D eigenvalue weighted by molar-refractivity contribution is 6.15. The maximum atomic E-state index is 14.2. The second-order valence-corrected chi connectivity index (χ2v) is 6.20. The van der Waals surface area contributed by atoms with Crippen LogP contribution in [0.5, 0.6) is 0 Å². The predicted molar refractivity (Wildman–Crippen MR) is 101 cm³/mol. The summed E-state index contributed by atoms with van der Waals surface area (Å²) >= 11 is 0. The largest absolute Gasteiger partial charge is 0.398 e. The van der Waals surface area contributed by atoms with Crippen molar-refractivity contribution in [3.63, 3.8) is 0 Å². The number of nitrogens with zero attached hydrogens (tertiary/aromatic N) is 2. The van der Waals surface area contributed by atoms with Crippen molar-refractivity contribution in [3.8, 4) is 6.07 Å². The maximum Gasteiger partial charge on any atom is 0.327 e. The molecule has 154 valence electrons. The summed E-state index contributed by atoms with van der Waals surface area (Å²) in [5, 5.41) is 19.9. The molecule has 0 spiro atoms. The van der Waals surface area contributed by atoms with Gasteiger partial charge in [0.05, 0.1) is 11.3 Å². The number of hydrazine groups is 1. The van der Waals surface area contributed by atoms with E-state index in [2.05, 4.69) is 10.7 Å². The van der Waals surface area contributed by atoms with Gasteiger partial charge in [0.25, 0.3) is 5.91 Å². The molecule has 0 unspecified atom stereocenters. The summed E-state index contributed by atoms with van der Waals surface area (Å²) in [5.41, 5.74) is 7.22. The van der Waals surface area contributed by atoms with E-state index in [1.165, 1.54) is 24.3 Å². The molecule has 0 saturated carbocycles. The molecule has 0 bridgehead atoms. The number of amides is 1. The Labute approximate surface area is 167 Å². The summed E-state index contributed by atoms with van der Waals surface area (Å²) in [7, 11) is 0. The standard InChI is InChI=1S/C19H14F4N6O/c20-13-3-1-9(6-24)16(21)15(13)18(30)28-11-2-4-14(25)12(5-11)17(26)10-7-27-29(8-10)19(22)23/h1-5,8,19,26-27H,7,25H2,(H,28,30). The van der Waals surface area contributed by atoms with Crippen LogP contribution < -0.4 is 16.5 Å². The van der Waals surface area contributed by atoms with E-state index in [0.29, 0.717) is 5.01 Å². The lowest BCUT2D eigenvalue weighted by Gasteiger charge is -2.12. The van der Waals surface area contributed by atoms with Crippen molar-refractivity contribution in [1.29, 1.82) is 10.7 Å². The van der Waals surface area contributed by atoms with Gasteiger partial charge in [0.15, 0.2) is 5.82 Å². The molecule has 0 atom stereocenters. The van der Waals surface area contributed by atoms with Crippen LogP contribution in [0.3, 0.4) is 0 Å². The van der Waals surface area contributed by atoms with Gasteiger partial charge >= 0.3 is 6.55 Å². The number of nitrogens with two attached hydrogens (primary N) is 1. The van der Waals surface area contributed by atoms with E-state index in [-0.39, 0.29) is 34.8 Å². The molecule has 0 radical (unpaired) electrons. The maximum absolute atomic E-state index is 14.2. The van der Waals surface area contributed by atoms with Crippen molar-refractivity contribution >= 4 is 23.0 Å².